The van der Waals surface area contributed by atoms with E-state index in [-0.39, 0.29) is 30.7 Å². The Bertz CT molecular complexity index is 1150. The van der Waals surface area contributed by atoms with Gasteiger partial charge < -0.3 is 14.4 Å². The molecule has 3 atom stereocenters. The summed E-state index contributed by atoms with van der Waals surface area (Å²) in [5.41, 5.74) is -1.82. The number of ether oxygens (including phenoxy) is 2. The Kier molecular flexibility index (Phi) is 7.41. The predicted molar refractivity (Wildman–Crippen MR) is 139 cm³/mol. The molecule has 2 aromatic rings. The van der Waals surface area contributed by atoms with Crippen LogP contribution in [0.25, 0.3) is 0 Å². The van der Waals surface area contributed by atoms with Crippen LogP contribution in [0.5, 0.6) is 0 Å². The molecule has 4 rings (SSSR count). The van der Waals surface area contributed by atoms with Crippen LogP contribution in [0.15, 0.2) is 41.8 Å². The highest BCUT2D eigenvalue weighted by Gasteiger charge is 2.70. The highest BCUT2D eigenvalue weighted by atomic mass is 127. The van der Waals surface area contributed by atoms with Crippen LogP contribution in [0.1, 0.15) is 12.5 Å². The Hall–Kier alpha value is -2.23. The lowest BCUT2D eigenvalue weighted by atomic mass is 9.87. The van der Waals surface area contributed by atoms with Gasteiger partial charge in [0.2, 0.25) is 5.91 Å². The third kappa shape index (κ3) is 4.32. The van der Waals surface area contributed by atoms with E-state index in [9.17, 15) is 24.5 Å². The minimum atomic E-state index is -1.47. The summed E-state index contributed by atoms with van der Waals surface area (Å²) in [5, 5.41) is 12.8. The first kappa shape index (κ1) is 25.9. The third-order valence-electron chi connectivity index (χ3n) is 6.07. The van der Waals surface area contributed by atoms with Crippen LogP contribution in [0.4, 0.5) is 10.7 Å². The molecule has 2 amide bonds. The fraction of sp³-hybridized carbons (Fsp3) is 0.409. The van der Waals surface area contributed by atoms with Crippen LogP contribution < -0.4 is 4.90 Å². The standard InChI is InChI=1S/C22H22IN3O7S2/c1-14(27)25(17-4-3-9-34-17)22(32-2)18(28)24-12-21(11-23,13-35-19(22)24)20(29)33-10-15-5-7-16(8-6-15)26(30)31/h3-9,19H,10-13H2,1-2H3/t19-,21?,22?/m1/s1. The highest BCUT2D eigenvalue weighted by molar-refractivity contribution is 14.1. The summed E-state index contributed by atoms with van der Waals surface area (Å²) in [6.45, 7) is 1.51. The predicted octanol–water partition coefficient (Wildman–Crippen LogP) is 3.43. The second kappa shape index (κ2) is 10.0. The topological polar surface area (TPSA) is 119 Å². The Balaban J connectivity index is 1.49. The van der Waals surface area contributed by atoms with Gasteiger partial charge in [0.05, 0.1) is 4.92 Å². The van der Waals surface area contributed by atoms with Crippen LogP contribution in [-0.2, 0) is 30.5 Å². The first-order valence-electron chi connectivity index (χ1n) is 10.5. The van der Waals surface area contributed by atoms with Crippen molar-refractivity contribution < 1.29 is 28.8 Å². The molecule has 3 heterocycles. The van der Waals surface area contributed by atoms with Crippen molar-refractivity contribution in [2.24, 2.45) is 5.41 Å². The van der Waals surface area contributed by atoms with Crippen LogP contribution >= 0.6 is 45.7 Å². The highest BCUT2D eigenvalue weighted by Crippen LogP contribution is 2.52. The largest absolute Gasteiger partial charge is 0.460 e. The molecule has 0 N–H and O–H groups in total. The van der Waals surface area contributed by atoms with Crippen molar-refractivity contribution in [1.82, 2.24) is 4.90 Å². The number of nitro groups is 1. The number of carbonyl (C=O) groups is 3. The van der Waals surface area contributed by atoms with Crippen molar-refractivity contribution in [3.63, 3.8) is 0 Å². The number of esters is 1. The molecule has 10 nitrogen and oxygen atoms in total. The number of halogens is 1. The zero-order valence-corrected chi connectivity index (χ0v) is 22.6. The van der Waals surface area contributed by atoms with Gasteiger partial charge in [-0.15, -0.1) is 23.1 Å². The molecule has 0 saturated carbocycles. The van der Waals surface area contributed by atoms with Crippen LogP contribution in [0.3, 0.4) is 0 Å². The van der Waals surface area contributed by atoms with Crippen molar-refractivity contribution >= 4 is 74.2 Å². The van der Waals surface area contributed by atoms with Gasteiger partial charge in [0.15, 0.2) is 0 Å². The number of non-ortho nitro benzene ring substituents is 1. The monoisotopic (exact) mass is 631 g/mol. The molecule has 2 unspecified atom stereocenters. The fourth-order valence-electron chi connectivity index (χ4n) is 4.24. The molecule has 2 fully saturated rings. The van der Waals surface area contributed by atoms with Crippen molar-refractivity contribution in [2.75, 3.05) is 28.7 Å². The Labute approximate surface area is 223 Å². The fourth-order valence-corrected chi connectivity index (χ4v) is 7.92. The molecular weight excluding hydrogens is 609 g/mol. The summed E-state index contributed by atoms with van der Waals surface area (Å²) in [5.74, 6) is -0.750. The van der Waals surface area contributed by atoms with E-state index in [1.54, 1.807) is 29.2 Å². The lowest BCUT2D eigenvalue weighted by molar-refractivity contribution is -0.384. The number of hydrogen-bond donors (Lipinski definition) is 0. The van der Waals surface area contributed by atoms with Gasteiger partial charge >= 0.3 is 5.97 Å². The molecule has 2 saturated heterocycles. The summed E-state index contributed by atoms with van der Waals surface area (Å²) < 4.78 is 11.7. The van der Waals surface area contributed by atoms with Gasteiger partial charge in [-0.2, -0.15) is 0 Å². The number of rotatable bonds is 8. The summed E-state index contributed by atoms with van der Waals surface area (Å²) >= 11 is 4.85. The van der Waals surface area contributed by atoms with Crippen LogP contribution in [-0.4, -0.2) is 62.5 Å². The van der Waals surface area contributed by atoms with Gasteiger partial charge in [0.25, 0.3) is 17.3 Å². The normalized spacial score (nSPS) is 25.4. The van der Waals surface area contributed by atoms with Crippen molar-refractivity contribution in [3.05, 3.63) is 57.5 Å². The minimum absolute atomic E-state index is 0.0320. The number of amides is 2. The van der Waals surface area contributed by atoms with Crippen molar-refractivity contribution in [1.29, 1.82) is 0 Å². The van der Waals surface area contributed by atoms with Gasteiger partial charge in [-0.3, -0.25) is 29.4 Å². The first-order chi connectivity index (χ1) is 16.7. The second-order valence-corrected chi connectivity index (χ2v) is 11.0. The van der Waals surface area contributed by atoms with Gasteiger partial charge in [0.1, 0.15) is 22.4 Å². The number of carbonyl (C=O) groups excluding carboxylic acids is 3. The summed E-state index contributed by atoms with van der Waals surface area (Å²) in [6, 6.07) is 9.37. The molecule has 0 radical (unpaired) electrons. The van der Waals surface area contributed by atoms with Gasteiger partial charge in [0, 0.05) is 42.9 Å². The van der Waals surface area contributed by atoms with Gasteiger partial charge in [-0.05, 0) is 35.2 Å². The number of thiophene rings is 1. The van der Waals surface area contributed by atoms with E-state index in [0.717, 1.165) is 0 Å². The summed E-state index contributed by atoms with van der Waals surface area (Å²) in [6.07, 6.45) is 0. The lowest BCUT2D eigenvalue weighted by Crippen LogP contribution is -2.83. The zero-order chi connectivity index (χ0) is 25.4. The Morgan fingerprint density at radius 3 is 2.57 bits per heavy atom. The molecule has 2 aliphatic heterocycles. The van der Waals surface area contributed by atoms with E-state index >= 15 is 0 Å². The average Bonchev–Trinajstić information content (AvgIpc) is 3.39. The minimum Gasteiger partial charge on any atom is -0.460 e. The number of thioether (sulfide) groups is 1. The molecule has 13 heteroatoms. The van der Waals surface area contributed by atoms with E-state index in [1.165, 1.54) is 54.2 Å². The maximum absolute atomic E-state index is 13.5. The number of methoxy groups -OCH3 is 1. The Morgan fingerprint density at radius 1 is 1.31 bits per heavy atom. The Morgan fingerprint density at radius 2 is 2.03 bits per heavy atom. The van der Waals surface area contributed by atoms with E-state index in [2.05, 4.69) is 22.6 Å². The number of benzene rings is 1. The number of fused-ring (bicyclic) bond motifs is 1. The number of β-lactam (4-membered cyclic amide) rings is 1. The number of hydrogen-bond acceptors (Lipinski definition) is 9. The van der Waals surface area contributed by atoms with Crippen molar-refractivity contribution in [3.8, 4) is 0 Å². The zero-order valence-electron chi connectivity index (χ0n) is 18.8. The van der Waals surface area contributed by atoms with Gasteiger partial charge in [-0.1, -0.05) is 22.6 Å². The van der Waals surface area contributed by atoms with Crippen LogP contribution in [0, 0.1) is 15.5 Å². The average molecular weight is 631 g/mol. The smallest absolute Gasteiger partial charge is 0.315 e. The first-order valence-corrected chi connectivity index (χ1v) is 13.9. The van der Waals surface area contributed by atoms with Crippen LogP contribution in [0.2, 0.25) is 0 Å². The van der Waals surface area contributed by atoms with E-state index in [0.29, 0.717) is 20.7 Å². The van der Waals surface area contributed by atoms with Crippen molar-refractivity contribution in [2.45, 2.75) is 24.6 Å². The number of nitrogens with zero attached hydrogens (tertiary/aromatic N) is 3. The number of anilines is 1. The van der Waals surface area contributed by atoms with Gasteiger partial charge in [-0.25, -0.2) is 0 Å². The van der Waals surface area contributed by atoms with E-state index < -0.39 is 27.4 Å². The molecule has 2 aliphatic rings. The summed E-state index contributed by atoms with van der Waals surface area (Å²) in [7, 11) is 1.41. The molecule has 1 aromatic carbocycles. The molecule has 0 bridgehead atoms. The number of alkyl halides is 1. The number of nitro benzene ring substituents is 1. The van der Waals surface area contributed by atoms with E-state index in [4.69, 9.17) is 9.47 Å². The molecule has 35 heavy (non-hydrogen) atoms. The molecule has 0 spiro atoms. The second-order valence-electron chi connectivity index (χ2n) is 8.22. The molecular formula is C22H22IN3O7S2. The summed E-state index contributed by atoms with van der Waals surface area (Å²) in [4.78, 5) is 52.5. The molecule has 1 aromatic heterocycles. The maximum atomic E-state index is 13.5. The SMILES string of the molecule is COC1(N(C(C)=O)c2cccs2)C(=O)N2CC(CI)(C(=O)OCc3ccc([N+](=O)[O-])cc3)CS[C@@H]21. The molecule has 186 valence electrons. The quantitative estimate of drug-likeness (QED) is 0.0828. The lowest BCUT2D eigenvalue weighted by Gasteiger charge is -2.61. The third-order valence-corrected chi connectivity index (χ3v) is 9.99. The maximum Gasteiger partial charge on any atom is 0.315 e. The van der Waals surface area contributed by atoms with E-state index in [1.807, 2.05) is 5.38 Å². The molecule has 0 aliphatic carbocycles.